The van der Waals surface area contributed by atoms with Gasteiger partial charge < -0.3 is 39.5 Å². The van der Waals surface area contributed by atoms with E-state index in [1.165, 1.54) is 89.9 Å². The SMILES string of the molecule is CCCCCCCCCCCC(O)(CCCCCC(=O)[O-])OCc1ccccc1.CCCCCCCCCCCC(O)(CCCCCC(=O)[O-])OCc1ccccc1.[Ba+2]. The summed E-state index contributed by atoms with van der Waals surface area (Å²) in [7, 11) is 0. The third kappa shape index (κ3) is 36.0. The smallest absolute Gasteiger partial charge is 0.550 e. The van der Waals surface area contributed by atoms with Crippen molar-refractivity contribution in [3.8, 4) is 0 Å². The first-order chi connectivity index (χ1) is 28.1. The van der Waals surface area contributed by atoms with Crippen LogP contribution >= 0.6 is 0 Å². The van der Waals surface area contributed by atoms with Gasteiger partial charge in [-0.3, -0.25) is 0 Å². The summed E-state index contributed by atoms with van der Waals surface area (Å²) in [6.45, 7) is 5.27. The summed E-state index contributed by atoms with van der Waals surface area (Å²) < 4.78 is 11.9. The molecule has 0 spiro atoms. The van der Waals surface area contributed by atoms with Crippen LogP contribution in [0, 0.1) is 0 Å². The number of ether oxygens (including phenoxy) is 2. The molecule has 0 amide bonds. The molecule has 0 saturated heterocycles. The summed E-state index contributed by atoms with van der Waals surface area (Å²) >= 11 is 0. The Balaban J connectivity index is 0.00000112. The maximum absolute atomic E-state index is 11.0. The molecule has 2 N–H and O–H groups in total. The minimum Gasteiger partial charge on any atom is -0.550 e. The molecule has 2 aromatic carbocycles. The van der Waals surface area contributed by atoms with Gasteiger partial charge in [-0.1, -0.05) is 190 Å². The number of aliphatic carboxylic acids is 2. The van der Waals surface area contributed by atoms with Gasteiger partial charge in [0.2, 0.25) is 0 Å². The van der Waals surface area contributed by atoms with Crippen LogP contribution in [0.15, 0.2) is 60.7 Å². The molecular formula is C50H82BaO8. The van der Waals surface area contributed by atoms with Crippen LogP contribution in [0.3, 0.4) is 0 Å². The number of carboxylic acids is 2. The predicted molar refractivity (Wildman–Crippen MR) is 238 cm³/mol. The summed E-state index contributed by atoms with van der Waals surface area (Å²) in [4.78, 5) is 21.1. The number of aliphatic hydroxyl groups is 2. The van der Waals surface area contributed by atoms with Crippen LogP contribution in [0.25, 0.3) is 0 Å². The second-order valence-electron chi connectivity index (χ2n) is 16.5. The molecule has 2 atom stereocenters. The topological polar surface area (TPSA) is 139 Å². The molecule has 0 aliphatic heterocycles. The van der Waals surface area contributed by atoms with Crippen LogP contribution in [0.1, 0.15) is 218 Å². The second-order valence-corrected chi connectivity index (χ2v) is 16.5. The zero-order chi connectivity index (χ0) is 42.4. The van der Waals surface area contributed by atoms with Gasteiger partial charge in [0.05, 0.1) is 13.2 Å². The van der Waals surface area contributed by atoms with E-state index in [-0.39, 0.29) is 61.7 Å². The van der Waals surface area contributed by atoms with Crippen molar-refractivity contribution in [2.24, 2.45) is 0 Å². The van der Waals surface area contributed by atoms with Crippen molar-refractivity contribution in [2.75, 3.05) is 0 Å². The Labute approximate surface area is 400 Å². The molecule has 0 aromatic heterocycles. The van der Waals surface area contributed by atoms with E-state index < -0.39 is 23.5 Å². The third-order valence-electron chi connectivity index (χ3n) is 10.9. The first-order valence-corrected chi connectivity index (χ1v) is 23.3. The average molecular weight is 949 g/mol. The number of carbonyl (C=O) groups is 2. The summed E-state index contributed by atoms with van der Waals surface area (Å²) in [5.74, 6) is -4.26. The Bertz CT molecular complexity index is 1140. The monoisotopic (exact) mass is 949 g/mol. The van der Waals surface area contributed by atoms with Gasteiger partial charge in [-0.25, -0.2) is 0 Å². The number of carbonyl (C=O) groups excluding carboxylic acids is 2. The van der Waals surface area contributed by atoms with E-state index in [2.05, 4.69) is 13.8 Å². The van der Waals surface area contributed by atoms with Gasteiger partial charge in [-0.15, -0.1) is 0 Å². The first-order valence-electron chi connectivity index (χ1n) is 23.3. The van der Waals surface area contributed by atoms with E-state index in [1.807, 2.05) is 60.7 Å². The largest absolute Gasteiger partial charge is 2.00 e. The van der Waals surface area contributed by atoms with Gasteiger partial charge in [0, 0.05) is 37.6 Å². The maximum atomic E-state index is 11.0. The quantitative estimate of drug-likeness (QED) is 0.0385. The van der Waals surface area contributed by atoms with Crippen molar-refractivity contribution in [3.63, 3.8) is 0 Å². The molecular weight excluding hydrogens is 866 g/mol. The molecule has 2 unspecified atom stereocenters. The van der Waals surface area contributed by atoms with Crippen LogP contribution in [0.2, 0.25) is 0 Å². The van der Waals surface area contributed by atoms with Gasteiger partial charge in [-0.2, -0.15) is 0 Å². The fourth-order valence-corrected chi connectivity index (χ4v) is 7.24. The zero-order valence-corrected chi connectivity index (χ0v) is 41.9. The minimum atomic E-state index is -1.13. The Morgan fingerprint density at radius 3 is 0.966 bits per heavy atom. The average Bonchev–Trinajstić information content (AvgIpc) is 3.22. The molecule has 9 heteroatoms. The Morgan fingerprint density at radius 1 is 0.441 bits per heavy atom. The van der Waals surface area contributed by atoms with Crippen LogP contribution in [-0.4, -0.2) is 82.6 Å². The van der Waals surface area contributed by atoms with E-state index in [0.29, 0.717) is 51.7 Å². The number of rotatable bonds is 38. The van der Waals surface area contributed by atoms with Crippen molar-refractivity contribution < 1.29 is 39.5 Å². The van der Waals surface area contributed by atoms with Crippen LogP contribution < -0.4 is 10.2 Å². The standard InChI is InChI=1S/2C25H42O4.Ba/c2*1-2-3-4-5-6-7-8-9-15-20-25(28,21-16-11-14-19-24(26)27)29-22-23-17-12-10-13-18-23;/h2*10,12-13,17-18,28H,2-9,11,14-16,19-22H2,1H3,(H,26,27);/q;;+2/p-2. The third-order valence-corrected chi connectivity index (χ3v) is 10.9. The summed E-state index contributed by atoms with van der Waals surface area (Å²) in [6, 6.07) is 19.8. The van der Waals surface area contributed by atoms with Crippen molar-refractivity contribution in [3.05, 3.63) is 71.8 Å². The molecule has 0 aliphatic rings. The van der Waals surface area contributed by atoms with E-state index in [9.17, 15) is 30.0 Å². The van der Waals surface area contributed by atoms with E-state index in [1.54, 1.807) is 0 Å². The molecule has 59 heavy (non-hydrogen) atoms. The summed E-state index contributed by atoms with van der Waals surface area (Å²) in [5.41, 5.74) is 2.10. The van der Waals surface area contributed by atoms with Gasteiger partial charge in [0.25, 0.3) is 0 Å². The summed E-state index contributed by atoms with van der Waals surface area (Å²) in [6.07, 6.45) is 29.2. The minimum absolute atomic E-state index is 0. The van der Waals surface area contributed by atoms with Gasteiger partial charge >= 0.3 is 48.9 Å². The Hall–Kier alpha value is -1.21. The second kappa shape index (κ2) is 39.6. The number of unbranched alkanes of at least 4 members (excludes halogenated alkanes) is 20. The number of hydrogen-bond acceptors (Lipinski definition) is 8. The predicted octanol–water partition coefficient (Wildman–Crippen LogP) is 10.6. The van der Waals surface area contributed by atoms with Crippen molar-refractivity contribution in [1.29, 1.82) is 0 Å². The number of hydrogen-bond donors (Lipinski definition) is 2. The van der Waals surface area contributed by atoms with Crippen molar-refractivity contribution in [1.82, 2.24) is 0 Å². The van der Waals surface area contributed by atoms with Crippen LogP contribution in [0.5, 0.6) is 0 Å². The molecule has 8 nitrogen and oxygen atoms in total. The number of benzene rings is 2. The fourth-order valence-electron chi connectivity index (χ4n) is 7.24. The molecule has 0 saturated carbocycles. The van der Waals surface area contributed by atoms with Crippen molar-refractivity contribution in [2.45, 2.75) is 231 Å². The first kappa shape index (κ1) is 57.8. The van der Waals surface area contributed by atoms with E-state index >= 15 is 0 Å². The molecule has 0 bridgehead atoms. The summed E-state index contributed by atoms with van der Waals surface area (Å²) in [5, 5.41) is 43.1. The van der Waals surface area contributed by atoms with E-state index in [4.69, 9.17) is 9.47 Å². The Morgan fingerprint density at radius 2 is 0.695 bits per heavy atom. The van der Waals surface area contributed by atoms with Crippen LogP contribution in [0.4, 0.5) is 0 Å². The fraction of sp³-hybridized carbons (Fsp3) is 0.720. The molecule has 0 aliphatic carbocycles. The molecule has 0 radical (unpaired) electrons. The van der Waals surface area contributed by atoms with Gasteiger partial charge in [-0.05, 0) is 62.5 Å². The zero-order valence-electron chi connectivity index (χ0n) is 37.5. The normalized spacial score (nSPS) is 13.1. The van der Waals surface area contributed by atoms with Crippen LogP contribution in [-0.2, 0) is 32.3 Å². The van der Waals surface area contributed by atoms with Gasteiger partial charge in [0.15, 0.2) is 11.6 Å². The molecule has 2 aromatic rings. The van der Waals surface area contributed by atoms with Gasteiger partial charge in [0.1, 0.15) is 0 Å². The maximum Gasteiger partial charge on any atom is 2.00 e. The molecule has 0 heterocycles. The Kier molecular flexibility index (Phi) is 38.8. The molecule has 2 rings (SSSR count). The molecule has 0 fully saturated rings. The van der Waals surface area contributed by atoms with E-state index in [0.717, 1.165) is 62.5 Å². The number of carboxylic acid groups (broad SMARTS) is 2. The molecule has 332 valence electrons. The van der Waals surface area contributed by atoms with Crippen molar-refractivity contribution >= 4 is 60.8 Å².